The van der Waals surface area contributed by atoms with E-state index in [1.807, 2.05) is 30.3 Å². The first-order valence-corrected chi connectivity index (χ1v) is 7.56. The van der Waals surface area contributed by atoms with Crippen molar-refractivity contribution in [2.75, 3.05) is 19.0 Å². The van der Waals surface area contributed by atoms with Crippen molar-refractivity contribution in [3.8, 4) is 5.75 Å². The first-order valence-electron chi connectivity index (χ1n) is 7.19. The van der Waals surface area contributed by atoms with Crippen LogP contribution in [0.15, 0.2) is 48.5 Å². The summed E-state index contributed by atoms with van der Waals surface area (Å²) in [5, 5.41) is 15.7. The molecule has 3 N–H and O–H groups in total. The van der Waals surface area contributed by atoms with E-state index in [-0.39, 0.29) is 6.54 Å². The van der Waals surface area contributed by atoms with Gasteiger partial charge in [0.05, 0.1) is 18.9 Å². The molecular formula is C17H19ClN2O3. The third-order valence-corrected chi connectivity index (χ3v) is 3.46. The quantitative estimate of drug-likeness (QED) is 0.760. The molecule has 2 aromatic rings. The van der Waals surface area contributed by atoms with E-state index in [0.29, 0.717) is 22.9 Å². The minimum atomic E-state index is -0.663. The fraction of sp³-hybridized carbons (Fsp3) is 0.235. The highest BCUT2D eigenvalue weighted by Crippen LogP contribution is 2.27. The molecule has 2 aromatic carbocycles. The van der Waals surface area contributed by atoms with E-state index in [2.05, 4.69) is 10.6 Å². The van der Waals surface area contributed by atoms with Crippen LogP contribution in [-0.4, -0.2) is 30.9 Å². The number of amides is 2. The molecule has 0 radical (unpaired) electrons. The summed E-state index contributed by atoms with van der Waals surface area (Å²) < 4.78 is 5.16. The van der Waals surface area contributed by atoms with E-state index in [0.717, 1.165) is 5.56 Å². The Morgan fingerprint density at radius 2 is 2.00 bits per heavy atom. The maximum Gasteiger partial charge on any atom is 0.319 e. The van der Waals surface area contributed by atoms with Gasteiger partial charge in [-0.3, -0.25) is 0 Å². The number of urea groups is 1. The number of halogens is 1. The second kappa shape index (κ2) is 8.41. The van der Waals surface area contributed by atoms with Crippen LogP contribution in [0.1, 0.15) is 5.56 Å². The van der Waals surface area contributed by atoms with E-state index < -0.39 is 12.1 Å². The molecule has 2 amide bonds. The number of carbonyl (C=O) groups is 1. The molecule has 122 valence electrons. The fourth-order valence-corrected chi connectivity index (χ4v) is 2.29. The lowest BCUT2D eigenvalue weighted by Crippen LogP contribution is -2.36. The smallest absolute Gasteiger partial charge is 0.319 e. The summed E-state index contributed by atoms with van der Waals surface area (Å²) in [4.78, 5) is 11.9. The molecule has 0 heterocycles. The lowest BCUT2D eigenvalue weighted by Gasteiger charge is -2.14. The van der Waals surface area contributed by atoms with Gasteiger partial charge in [0.25, 0.3) is 0 Å². The van der Waals surface area contributed by atoms with Gasteiger partial charge in [0.2, 0.25) is 0 Å². The van der Waals surface area contributed by atoms with E-state index in [1.165, 1.54) is 7.11 Å². The molecule has 0 aliphatic heterocycles. The molecule has 0 saturated heterocycles. The molecule has 5 nitrogen and oxygen atoms in total. The number of hydrogen-bond donors (Lipinski definition) is 3. The number of methoxy groups -OCH3 is 1. The van der Waals surface area contributed by atoms with Gasteiger partial charge in [-0.25, -0.2) is 4.79 Å². The molecule has 23 heavy (non-hydrogen) atoms. The van der Waals surface area contributed by atoms with Crippen LogP contribution < -0.4 is 15.4 Å². The van der Waals surface area contributed by atoms with Gasteiger partial charge in [-0.05, 0) is 23.8 Å². The van der Waals surface area contributed by atoms with Crippen LogP contribution in [0.3, 0.4) is 0 Å². The molecule has 0 aliphatic carbocycles. The van der Waals surface area contributed by atoms with Gasteiger partial charge in [0.1, 0.15) is 5.75 Å². The molecule has 0 aromatic heterocycles. The highest BCUT2D eigenvalue weighted by molar-refractivity contribution is 6.31. The number of carbonyl (C=O) groups excluding carboxylic acids is 1. The van der Waals surface area contributed by atoms with Crippen LogP contribution >= 0.6 is 11.6 Å². The van der Waals surface area contributed by atoms with Crippen molar-refractivity contribution >= 4 is 23.3 Å². The first-order chi connectivity index (χ1) is 11.1. The maximum atomic E-state index is 11.9. The topological polar surface area (TPSA) is 70.6 Å². The molecule has 0 spiro atoms. The van der Waals surface area contributed by atoms with E-state index >= 15 is 0 Å². The number of rotatable bonds is 6. The lowest BCUT2D eigenvalue weighted by molar-refractivity contribution is 0.172. The summed E-state index contributed by atoms with van der Waals surface area (Å²) in [6.45, 7) is 0.142. The zero-order chi connectivity index (χ0) is 16.7. The van der Waals surface area contributed by atoms with Crippen molar-refractivity contribution < 1.29 is 14.6 Å². The van der Waals surface area contributed by atoms with Crippen molar-refractivity contribution in [1.29, 1.82) is 0 Å². The van der Waals surface area contributed by atoms with Gasteiger partial charge in [-0.15, -0.1) is 0 Å². The largest absolute Gasteiger partial charge is 0.495 e. The van der Waals surface area contributed by atoms with Crippen molar-refractivity contribution in [3.05, 3.63) is 59.1 Å². The summed E-state index contributed by atoms with van der Waals surface area (Å²) in [7, 11) is 1.51. The third kappa shape index (κ3) is 5.47. The molecule has 0 aliphatic rings. The van der Waals surface area contributed by atoms with E-state index in [1.54, 1.807) is 18.2 Å². The van der Waals surface area contributed by atoms with Gasteiger partial charge in [-0.2, -0.15) is 0 Å². The number of aliphatic hydroxyl groups excluding tert-OH is 1. The summed E-state index contributed by atoms with van der Waals surface area (Å²) in [5.74, 6) is 0.509. The maximum absolute atomic E-state index is 11.9. The number of ether oxygens (including phenoxy) is 1. The zero-order valence-electron chi connectivity index (χ0n) is 12.8. The first kappa shape index (κ1) is 17.1. The van der Waals surface area contributed by atoms with Crippen molar-refractivity contribution in [2.45, 2.75) is 12.5 Å². The van der Waals surface area contributed by atoms with Crippen LogP contribution in [0.2, 0.25) is 5.02 Å². The Labute approximate surface area is 140 Å². The normalized spacial score (nSPS) is 11.6. The summed E-state index contributed by atoms with van der Waals surface area (Å²) >= 11 is 5.91. The Balaban J connectivity index is 1.84. The predicted molar refractivity (Wildman–Crippen MR) is 91.2 cm³/mol. The molecule has 6 heteroatoms. The van der Waals surface area contributed by atoms with Crippen molar-refractivity contribution in [2.24, 2.45) is 0 Å². The molecule has 0 bridgehead atoms. The van der Waals surface area contributed by atoms with E-state index in [4.69, 9.17) is 16.3 Å². The minimum Gasteiger partial charge on any atom is -0.495 e. The summed E-state index contributed by atoms with van der Waals surface area (Å²) in [6, 6.07) is 14.1. The Morgan fingerprint density at radius 1 is 1.26 bits per heavy atom. The Bertz CT molecular complexity index is 650. The van der Waals surface area contributed by atoms with Gasteiger partial charge >= 0.3 is 6.03 Å². The van der Waals surface area contributed by atoms with Crippen LogP contribution in [0.4, 0.5) is 10.5 Å². The van der Waals surface area contributed by atoms with Gasteiger partial charge in [-0.1, -0.05) is 41.9 Å². The predicted octanol–water partition coefficient (Wildman–Crippen LogP) is 3.07. The average Bonchev–Trinajstić information content (AvgIpc) is 2.54. The van der Waals surface area contributed by atoms with Crippen LogP contribution in [0.5, 0.6) is 5.75 Å². The molecule has 1 atom stereocenters. The molecule has 2 rings (SSSR count). The SMILES string of the molecule is COc1ccc(Cl)cc1NC(=O)NC[C@H](O)Cc1ccccc1. The molecule has 0 fully saturated rings. The highest BCUT2D eigenvalue weighted by atomic mass is 35.5. The van der Waals surface area contributed by atoms with Crippen LogP contribution in [0.25, 0.3) is 0 Å². The van der Waals surface area contributed by atoms with Crippen LogP contribution in [0, 0.1) is 0 Å². The molecule has 0 unspecified atom stereocenters. The molecule has 0 saturated carbocycles. The summed E-state index contributed by atoms with van der Waals surface area (Å²) in [6.07, 6.45) is -0.189. The third-order valence-electron chi connectivity index (χ3n) is 3.22. The number of benzene rings is 2. The zero-order valence-corrected chi connectivity index (χ0v) is 13.5. The number of anilines is 1. The second-order valence-corrected chi connectivity index (χ2v) is 5.46. The van der Waals surface area contributed by atoms with Crippen LogP contribution in [-0.2, 0) is 6.42 Å². The lowest BCUT2D eigenvalue weighted by atomic mass is 10.1. The average molecular weight is 335 g/mol. The van der Waals surface area contributed by atoms with E-state index in [9.17, 15) is 9.90 Å². The Hall–Kier alpha value is -2.24. The number of hydrogen-bond acceptors (Lipinski definition) is 3. The van der Waals surface area contributed by atoms with Crippen molar-refractivity contribution in [3.63, 3.8) is 0 Å². The van der Waals surface area contributed by atoms with Gasteiger partial charge in [0, 0.05) is 18.0 Å². The summed E-state index contributed by atoms with van der Waals surface area (Å²) in [5.41, 5.74) is 1.48. The highest BCUT2D eigenvalue weighted by Gasteiger charge is 2.10. The Morgan fingerprint density at radius 3 is 2.70 bits per heavy atom. The fourth-order valence-electron chi connectivity index (χ4n) is 2.11. The monoisotopic (exact) mass is 334 g/mol. The Kier molecular flexibility index (Phi) is 6.26. The number of nitrogens with one attached hydrogen (secondary N) is 2. The molecular weight excluding hydrogens is 316 g/mol. The minimum absolute atomic E-state index is 0.142. The number of aliphatic hydroxyl groups is 1. The second-order valence-electron chi connectivity index (χ2n) is 5.02. The van der Waals surface area contributed by atoms with Gasteiger partial charge < -0.3 is 20.5 Å². The van der Waals surface area contributed by atoms with Crippen molar-refractivity contribution in [1.82, 2.24) is 5.32 Å². The standard InChI is InChI=1S/C17H19ClN2O3/c1-23-16-8-7-13(18)10-15(16)20-17(22)19-11-14(21)9-12-5-3-2-4-6-12/h2-8,10,14,21H,9,11H2,1H3,(H2,19,20,22)/t14-/m1/s1. The van der Waals surface area contributed by atoms with Gasteiger partial charge in [0.15, 0.2) is 0 Å².